The van der Waals surface area contributed by atoms with Crippen LogP contribution in [0.2, 0.25) is 5.02 Å². The summed E-state index contributed by atoms with van der Waals surface area (Å²) < 4.78 is 2.74. The number of rotatable bonds is 2. The zero-order valence-corrected chi connectivity index (χ0v) is 9.90. The molecule has 0 aliphatic rings. The number of halogens is 1. The SMILES string of the molecule is Cc1cc(=S)n(Cc2cccc(Cl)c2)[nH]1. The molecule has 1 heterocycles. The number of aromatic nitrogens is 2. The first-order valence-corrected chi connectivity index (χ1v) is 5.45. The number of benzene rings is 1. The van der Waals surface area contributed by atoms with E-state index < -0.39 is 0 Å². The molecule has 4 heteroatoms. The van der Waals surface area contributed by atoms with Crippen LogP contribution in [0.25, 0.3) is 0 Å². The van der Waals surface area contributed by atoms with Crippen molar-refractivity contribution in [1.29, 1.82) is 0 Å². The van der Waals surface area contributed by atoms with E-state index in [1.54, 1.807) is 0 Å². The van der Waals surface area contributed by atoms with Crippen molar-refractivity contribution in [3.8, 4) is 0 Å². The van der Waals surface area contributed by atoms with E-state index in [4.69, 9.17) is 23.8 Å². The Morgan fingerprint density at radius 2 is 2.20 bits per heavy atom. The summed E-state index contributed by atoms with van der Waals surface area (Å²) in [6.45, 7) is 2.72. The highest BCUT2D eigenvalue weighted by atomic mass is 35.5. The maximum atomic E-state index is 5.91. The predicted molar refractivity (Wildman–Crippen MR) is 64.9 cm³/mol. The Hall–Kier alpha value is -1.06. The summed E-state index contributed by atoms with van der Waals surface area (Å²) in [5.74, 6) is 0. The van der Waals surface area contributed by atoms with Crippen LogP contribution in [-0.2, 0) is 6.54 Å². The lowest BCUT2D eigenvalue weighted by atomic mass is 10.2. The molecule has 0 amide bonds. The third-order valence-corrected chi connectivity index (χ3v) is 2.72. The molecule has 0 aliphatic heterocycles. The minimum absolute atomic E-state index is 0.729. The minimum atomic E-state index is 0.729. The highest BCUT2D eigenvalue weighted by Crippen LogP contribution is 2.12. The van der Waals surface area contributed by atoms with Crippen LogP contribution in [0, 0.1) is 11.6 Å². The van der Waals surface area contributed by atoms with Gasteiger partial charge in [-0.25, -0.2) is 0 Å². The normalized spacial score (nSPS) is 10.5. The summed E-state index contributed by atoms with van der Waals surface area (Å²) in [7, 11) is 0. The van der Waals surface area contributed by atoms with Gasteiger partial charge in [-0.3, -0.25) is 4.68 Å². The molecule has 2 nitrogen and oxygen atoms in total. The van der Waals surface area contributed by atoms with Gasteiger partial charge in [-0.1, -0.05) is 36.0 Å². The summed E-state index contributed by atoms with van der Waals surface area (Å²) in [4.78, 5) is 0. The predicted octanol–water partition coefficient (Wildman–Crippen LogP) is 3.56. The average molecular weight is 239 g/mol. The molecule has 0 atom stereocenters. The fraction of sp³-hybridized carbons (Fsp3) is 0.182. The van der Waals surface area contributed by atoms with Crippen LogP contribution in [0.1, 0.15) is 11.3 Å². The number of nitrogens with one attached hydrogen (secondary N) is 1. The van der Waals surface area contributed by atoms with Crippen molar-refractivity contribution in [2.45, 2.75) is 13.5 Å². The lowest BCUT2D eigenvalue weighted by molar-refractivity contribution is 0.671. The zero-order chi connectivity index (χ0) is 10.8. The fourth-order valence-corrected chi connectivity index (χ4v) is 2.00. The second-order valence-electron chi connectivity index (χ2n) is 3.49. The van der Waals surface area contributed by atoms with Crippen LogP contribution in [-0.4, -0.2) is 9.78 Å². The van der Waals surface area contributed by atoms with Crippen molar-refractivity contribution >= 4 is 23.8 Å². The highest BCUT2D eigenvalue weighted by molar-refractivity contribution is 7.71. The van der Waals surface area contributed by atoms with Gasteiger partial charge in [0.1, 0.15) is 4.64 Å². The molecular weight excluding hydrogens is 228 g/mol. The van der Waals surface area contributed by atoms with E-state index in [2.05, 4.69) is 5.10 Å². The molecule has 0 saturated heterocycles. The lowest BCUT2D eigenvalue weighted by Gasteiger charge is -2.03. The zero-order valence-electron chi connectivity index (χ0n) is 8.33. The van der Waals surface area contributed by atoms with Crippen LogP contribution in [0.3, 0.4) is 0 Å². The molecule has 1 aromatic heterocycles. The van der Waals surface area contributed by atoms with Gasteiger partial charge in [-0.2, -0.15) is 0 Å². The van der Waals surface area contributed by atoms with E-state index in [1.807, 2.05) is 41.9 Å². The van der Waals surface area contributed by atoms with Crippen molar-refractivity contribution in [3.05, 3.63) is 51.3 Å². The Bertz CT molecular complexity index is 527. The van der Waals surface area contributed by atoms with Crippen molar-refractivity contribution in [2.75, 3.05) is 0 Å². The van der Waals surface area contributed by atoms with Crippen molar-refractivity contribution in [1.82, 2.24) is 9.78 Å². The average Bonchev–Trinajstić information content (AvgIpc) is 2.45. The van der Waals surface area contributed by atoms with E-state index in [9.17, 15) is 0 Å². The Labute approximate surface area is 98.5 Å². The molecule has 15 heavy (non-hydrogen) atoms. The van der Waals surface area contributed by atoms with Crippen molar-refractivity contribution in [2.24, 2.45) is 0 Å². The van der Waals surface area contributed by atoms with Gasteiger partial charge in [0.25, 0.3) is 0 Å². The summed E-state index contributed by atoms with van der Waals surface area (Å²) >= 11 is 11.1. The second-order valence-corrected chi connectivity index (χ2v) is 4.35. The quantitative estimate of drug-likeness (QED) is 0.794. The van der Waals surface area contributed by atoms with Gasteiger partial charge in [0, 0.05) is 10.7 Å². The minimum Gasteiger partial charge on any atom is -0.302 e. The molecule has 0 aliphatic carbocycles. The van der Waals surface area contributed by atoms with Crippen molar-refractivity contribution in [3.63, 3.8) is 0 Å². The molecule has 2 rings (SSSR count). The topological polar surface area (TPSA) is 20.7 Å². The van der Waals surface area contributed by atoms with E-state index >= 15 is 0 Å². The lowest BCUT2D eigenvalue weighted by Crippen LogP contribution is -2.01. The smallest absolute Gasteiger partial charge is 0.122 e. The summed E-state index contributed by atoms with van der Waals surface area (Å²) in [5.41, 5.74) is 2.21. The van der Waals surface area contributed by atoms with Gasteiger partial charge >= 0.3 is 0 Å². The third kappa shape index (κ3) is 2.49. The number of aryl methyl sites for hydroxylation is 1. The van der Waals surface area contributed by atoms with Gasteiger partial charge in [0.2, 0.25) is 0 Å². The standard InChI is InChI=1S/C11H11ClN2S/c1-8-5-11(15)14(13-8)7-9-3-2-4-10(12)6-9/h2-6,13H,7H2,1H3. The molecule has 0 spiro atoms. The van der Waals surface area contributed by atoms with E-state index in [-0.39, 0.29) is 0 Å². The molecule has 0 saturated carbocycles. The molecular formula is C11H11ClN2S. The van der Waals surface area contributed by atoms with E-state index in [0.29, 0.717) is 0 Å². The van der Waals surface area contributed by atoms with E-state index in [1.165, 1.54) is 0 Å². The maximum Gasteiger partial charge on any atom is 0.122 e. The Kier molecular flexibility index (Phi) is 2.93. The first-order valence-electron chi connectivity index (χ1n) is 4.66. The van der Waals surface area contributed by atoms with Crippen molar-refractivity contribution < 1.29 is 0 Å². The number of hydrogen-bond acceptors (Lipinski definition) is 1. The summed E-state index contributed by atoms with van der Waals surface area (Å²) in [6.07, 6.45) is 0. The molecule has 2 aromatic rings. The van der Waals surface area contributed by atoms with Gasteiger partial charge in [0.05, 0.1) is 6.54 Å². The monoisotopic (exact) mass is 238 g/mol. The molecule has 1 aromatic carbocycles. The molecule has 0 bridgehead atoms. The molecule has 78 valence electrons. The van der Waals surface area contributed by atoms with Crippen LogP contribution < -0.4 is 0 Å². The van der Waals surface area contributed by atoms with Gasteiger partial charge in [-0.15, -0.1) is 0 Å². The Morgan fingerprint density at radius 3 is 2.80 bits per heavy atom. The van der Waals surface area contributed by atoms with Gasteiger partial charge in [0.15, 0.2) is 0 Å². The van der Waals surface area contributed by atoms with Crippen LogP contribution in [0.5, 0.6) is 0 Å². The Morgan fingerprint density at radius 1 is 1.40 bits per heavy atom. The van der Waals surface area contributed by atoms with Gasteiger partial charge < -0.3 is 5.10 Å². The van der Waals surface area contributed by atoms with Gasteiger partial charge in [-0.05, 0) is 30.7 Å². The second kappa shape index (κ2) is 4.21. The first kappa shape index (κ1) is 10.5. The van der Waals surface area contributed by atoms with Crippen LogP contribution >= 0.6 is 23.8 Å². The number of H-pyrrole nitrogens is 1. The number of nitrogens with zero attached hydrogens (tertiary/aromatic N) is 1. The maximum absolute atomic E-state index is 5.91. The third-order valence-electron chi connectivity index (χ3n) is 2.15. The number of hydrogen-bond donors (Lipinski definition) is 1. The molecule has 0 radical (unpaired) electrons. The summed E-state index contributed by atoms with van der Waals surface area (Å²) in [6, 6.07) is 9.73. The largest absolute Gasteiger partial charge is 0.302 e. The highest BCUT2D eigenvalue weighted by Gasteiger charge is 1.98. The molecule has 0 unspecified atom stereocenters. The van der Waals surface area contributed by atoms with Crippen LogP contribution in [0.4, 0.5) is 0 Å². The van der Waals surface area contributed by atoms with Crippen LogP contribution in [0.15, 0.2) is 30.3 Å². The fourth-order valence-electron chi connectivity index (χ4n) is 1.50. The molecule has 0 fully saturated rings. The van der Waals surface area contributed by atoms with E-state index in [0.717, 1.165) is 27.5 Å². The Balaban J connectivity index is 2.29. The summed E-state index contributed by atoms with van der Waals surface area (Å²) in [5, 5.41) is 3.93. The first-order chi connectivity index (χ1) is 7.15. The molecule has 1 N–H and O–H groups in total. The number of aromatic amines is 1.